The lowest BCUT2D eigenvalue weighted by molar-refractivity contribution is 0.896. The molecule has 2 aromatic heterocycles. The molecule has 0 unspecified atom stereocenters. The first kappa shape index (κ1) is 8.78. The highest BCUT2D eigenvalue weighted by molar-refractivity contribution is 5.83. The zero-order chi connectivity index (χ0) is 11.0. The number of fused-ring (bicyclic) bond motifs is 1. The van der Waals surface area contributed by atoms with Gasteiger partial charge < -0.3 is 10.7 Å². The van der Waals surface area contributed by atoms with Crippen LogP contribution in [0.4, 0.5) is 5.82 Å². The molecule has 6 nitrogen and oxygen atoms in total. The van der Waals surface area contributed by atoms with E-state index >= 15 is 0 Å². The van der Waals surface area contributed by atoms with Crippen molar-refractivity contribution in [2.75, 3.05) is 5.73 Å². The molecule has 0 aliphatic carbocycles. The van der Waals surface area contributed by atoms with Gasteiger partial charge in [0, 0.05) is 5.56 Å². The lowest BCUT2D eigenvalue weighted by Crippen LogP contribution is -1.96. The van der Waals surface area contributed by atoms with Crippen molar-refractivity contribution in [3.8, 4) is 11.4 Å². The van der Waals surface area contributed by atoms with E-state index in [4.69, 9.17) is 5.73 Å². The van der Waals surface area contributed by atoms with Crippen molar-refractivity contribution in [1.29, 1.82) is 0 Å². The molecule has 2 heterocycles. The molecule has 0 saturated heterocycles. The van der Waals surface area contributed by atoms with Crippen LogP contribution < -0.4 is 5.73 Å². The lowest BCUT2D eigenvalue weighted by atomic mass is 10.2. The van der Waals surface area contributed by atoms with Crippen LogP contribution in [0, 0.1) is 0 Å². The molecular weight excluding hydrogens is 204 g/mol. The number of aromatic amines is 1. The number of nitrogens with two attached hydrogens (primary N) is 1. The number of aromatic nitrogens is 5. The van der Waals surface area contributed by atoms with Gasteiger partial charge in [0.1, 0.15) is 11.3 Å². The third kappa shape index (κ3) is 1.28. The smallest absolute Gasteiger partial charge is 0.205 e. The van der Waals surface area contributed by atoms with E-state index < -0.39 is 0 Å². The summed E-state index contributed by atoms with van der Waals surface area (Å²) in [4.78, 5) is 7.37. The van der Waals surface area contributed by atoms with Crippen LogP contribution in [0.5, 0.6) is 0 Å². The van der Waals surface area contributed by atoms with Crippen LogP contribution in [0.1, 0.15) is 0 Å². The van der Waals surface area contributed by atoms with Crippen molar-refractivity contribution in [2.24, 2.45) is 0 Å². The van der Waals surface area contributed by atoms with Gasteiger partial charge in [0.2, 0.25) is 5.65 Å². The fourth-order valence-electron chi connectivity index (χ4n) is 1.51. The van der Waals surface area contributed by atoms with Crippen molar-refractivity contribution in [3.05, 3.63) is 30.3 Å². The summed E-state index contributed by atoms with van der Waals surface area (Å²) < 4.78 is 0. The van der Waals surface area contributed by atoms with E-state index in [9.17, 15) is 0 Å². The molecule has 3 N–H and O–H groups in total. The molecule has 0 saturated carbocycles. The molecule has 78 valence electrons. The third-order valence-electron chi connectivity index (χ3n) is 2.28. The number of H-pyrrole nitrogens is 1. The fourth-order valence-corrected chi connectivity index (χ4v) is 1.51. The number of nitrogen functional groups attached to an aromatic ring is 1. The van der Waals surface area contributed by atoms with Crippen LogP contribution in [0.25, 0.3) is 22.6 Å². The summed E-state index contributed by atoms with van der Waals surface area (Å²) in [6, 6.07) is 9.73. The van der Waals surface area contributed by atoms with Gasteiger partial charge in [0.05, 0.1) is 0 Å². The molecule has 3 aromatic rings. The Morgan fingerprint density at radius 2 is 1.88 bits per heavy atom. The molecule has 0 atom stereocenters. The second-order valence-electron chi connectivity index (χ2n) is 3.32. The maximum absolute atomic E-state index is 5.66. The maximum Gasteiger partial charge on any atom is 0.205 e. The number of benzene rings is 1. The SMILES string of the molecule is Nc1nnnc2nc(-c3ccccc3)[nH]c12. The minimum Gasteiger partial charge on any atom is -0.380 e. The predicted octanol–water partition coefficient (Wildman–Crippen LogP) is 0.997. The summed E-state index contributed by atoms with van der Waals surface area (Å²) in [6.45, 7) is 0. The Hall–Kier alpha value is -2.50. The van der Waals surface area contributed by atoms with E-state index in [1.54, 1.807) is 0 Å². The number of hydrogen-bond acceptors (Lipinski definition) is 5. The van der Waals surface area contributed by atoms with Gasteiger partial charge in [-0.2, -0.15) is 0 Å². The second-order valence-corrected chi connectivity index (χ2v) is 3.32. The quantitative estimate of drug-likeness (QED) is 0.627. The van der Waals surface area contributed by atoms with Gasteiger partial charge in [-0.3, -0.25) is 0 Å². The van der Waals surface area contributed by atoms with E-state index in [-0.39, 0.29) is 0 Å². The van der Waals surface area contributed by atoms with Crippen LogP contribution in [-0.4, -0.2) is 25.4 Å². The third-order valence-corrected chi connectivity index (χ3v) is 2.28. The lowest BCUT2D eigenvalue weighted by Gasteiger charge is -1.93. The first-order valence-corrected chi connectivity index (χ1v) is 4.74. The average molecular weight is 212 g/mol. The Kier molecular flexibility index (Phi) is 1.79. The first-order valence-electron chi connectivity index (χ1n) is 4.74. The van der Waals surface area contributed by atoms with Gasteiger partial charge >= 0.3 is 0 Å². The molecule has 0 aliphatic heterocycles. The van der Waals surface area contributed by atoms with Crippen LogP contribution >= 0.6 is 0 Å². The number of nitrogens with zero attached hydrogens (tertiary/aromatic N) is 4. The zero-order valence-corrected chi connectivity index (χ0v) is 8.25. The molecule has 6 heteroatoms. The molecule has 1 aromatic carbocycles. The van der Waals surface area contributed by atoms with Gasteiger partial charge in [-0.25, -0.2) is 4.98 Å². The molecule has 0 fully saturated rings. The average Bonchev–Trinajstić information content (AvgIpc) is 2.76. The summed E-state index contributed by atoms with van der Waals surface area (Å²) in [5.41, 5.74) is 7.73. The van der Waals surface area contributed by atoms with E-state index in [2.05, 4.69) is 25.4 Å². The number of imidazole rings is 1. The highest BCUT2D eigenvalue weighted by atomic mass is 15.3. The monoisotopic (exact) mass is 212 g/mol. The van der Waals surface area contributed by atoms with E-state index in [1.165, 1.54) is 0 Å². The first-order chi connectivity index (χ1) is 7.84. The molecule has 0 aliphatic rings. The van der Waals surface area contributed by atoms with Crippen molar-refractivity contribution < 1.29 is 0 Å². The van der Waals surface area contributed by atoms with Crippen LogP contribution in [0.2, 0.25) is 0 Å². The standard InChI is InChI=1S/C10H8N6/c11-8-7-10(15-16-14-8)13-9(12-7)6-4-2-1-3-5-6/h1-5H,(H3,11,12,13,14,15). The Morgan fingerprint density at radius 3 is 2.62 bits per heavy atom. The largest absolute Gasteiger partial charge is 0.380 e. The van der Waals surface area contributed by atoms with Gasteiger partial charge in [0.25, 0.3) is 0 Å². The van der Waals surface area contributed by atoms with E-state index in [1.807, 2.05) is 30.3 Å². The van der Waals surface area contributed by atoms with Gasteiger partial charge in [0.15, 0.2) is 5.82 Å². The molecule has 16 heavy (non-hydrogen) atoms. The Bertz CT molecular complexity index is 630. The van der Waals surface area contributed by atoms with Crippen molar-refractivity contribution in [3.63, 3.8) is 0 Å². The minimum atomic E-state index is 0.305. The molecule has 0 amide bonds. The van der Waals surface area contributed by atoms with Crippen LogP contribution in [-0.2, 0) is 0 Å². The summed E-state index contributed by atoms with van der Waals surface area (Å²) >= 11 is 0. The Balaban J connectivity index is 2.23. The second kappa shape index (κ2) is 3.27. The minimum absolute atomic E-state index is 0.305. The Morgan fingerprint density at radius 1 is 1.06 bits per heavy atom. The fraction of sp³-hybridized carbons (Fsp3) is 0. The summed E-state index contributed by atoms with van der Waals surface area (Å²) in [5.74, 6) is 1.02. The predicted molar refractivity (Wildman–Crippen MR) is 59.3 cm³/mol. The number of rotatable bonds is 1. The van der Waals surface area contributed by atoms with Crippen LogP contribution in [0.3, 0.4) is 0 Å². The number of anilines is 1. The maximum atomic E-state index is 5.66. The number of nitrogens with one attached hydrogen (secondary N) is 1. The summed E-state index contributed by atoms with van der Waals surface area (Å²) in [7, 11) is 0. The highest BCUT2D eigenvalue weighted by Crippen LogP contribution is 2.20. The molecule has 0 bridgehead atoms. The van der Waals surface area contributed by atoms with E-state index in [0.717, 1.165) is 5.56 Å². The molecular formula is C10H8N6. The highest BCUT2D eigenvalue weighted by Gasteiger charge is 2.09. The summed E-state index contributed by atoms with van der Waals surface area (Å²) in [5, 5.41) is 11.0. The molecule has 0 radical (unpaired) electrons. The Labute approximate surface area is 90.5 Å². The number of hydrogen-bond donors (Lipinski definition) is 2. The molecule has 3 rings (SSSR count). The van der Waals surface area contributed by atoms with Crippen LogP contribution in [0.15, 0.2) is 30.3 Å². The van der Waals surface area contributed by atoms with Gasteiger partial charge in [-0.1, -0.05) is 30.3 Å². The van der Waals surface area contributed by atoms with Crippen molar-refractivity contribution in [2.45, 2.75) is 0 Å². The van der Waals surface area contributed by atoms with Gasteiger partial charge in [-0.15, -0.1) is 10.2 Å². The van der Waals surface area contributed by atoms with Crippen molar-refractivity contribution in [1.82, 2.24) is 25.4 Å². The van der Waals surface area contributed by atoms with Gasteiger partial charge in [-0.05, 0) is 5.21 Å². The topological polar surface area (TPSA) is 93.4 Å². The van der Waals surface area contributed by atoms with E-state index in [0.29, 0.717) is 22.8 Å². The zero-order valence-electron chi connectivity index (χ0n) is 8.25. The normalized spacial score (nSPS) is 10.8. The summed E-state index contributed by atoms with van der Waals surface area (Å²) in [6.07, 6.45) is 0. The molecule has 0 spiro atoms. The van der Waals surface area contributed by atoms with Crippen molar-refractivity contribution >= 4 is 17.0 Å².